The molecule has 4 nitrogen and oxygen atoms in total. The summed E-state index contributed by atoms with van der Waals surface area (Å²) >= 11 is 0. The maximum Gasteiger partial charge on any atom is 0.328 e. The van der Waals surface area contributed by atoms with Gasteiger partial charge in [-0.2, -0.15) is 0 Å². The zero-order valence-electron chi connectivity index (χ0n) is 11.1. The Morgan fingerprint density at radius 2 is 2.21 bits per heavy atom. The number of carbonyl (C=O) groups is 1. The summed E-state index contributed by atoms with van der Waals surface area (Å²) in [5.41, 5.74) is 2.14. The van der Waals surface area contributed by atoms with E-state index in [1.54, 1.807) is 6.08 Å². The standard InChI is InChI=1S/C15H19NO3/c1-12-10-16(8-9-19-12)11-14-4-2-13(3-5-14)6-7-15(17)18/h2-7,12H,8-11H2,1H3,(H,17,18). The number of nitrogens with zero attached hydrogens (tertiary/aromatic N) is 1. The maximum atomic E-state index is 10.4. The molecule has 4 heteroatoms. The molecule has 1 saturated heterocycles. The van der Waals surface area contributed by atoms with Crippen LogP contribution in [0.15, 0.2) is 30.3 Å². The van der Waals surface area contributed by atoms with Crippen molar-refractivity contribution in [1.82, 2.24) is 4.90 Å². The average molecular weight is 261 g/mol. The van der Waals surface area contributed by atoms with Crippen molar-refractivity contribution in [3.05, 3.63) is 41.5 Å². The number of carboxylic acids is 1. The molecular weight excluding hydrogens is 242 g/mol. The van der Waals surface area contributed by atoms with Gasteiger partial charge in [-0.05, 0) is 24.1 Å². The van der Waals surface area contributed by atoms with Crippen LogP contribution in [-0.2, 0) is 16.1 Å². The molecule has 0 amide bonds. The predicted octanol–water partition coefficient (Wildman–Crippen LogP) is 2.01. The second-order valence-electron chi connectivity index (χ2n) is 4.83. The Kier molecular flexibility index (Phi) is 4.71. The summed E-state index contributed by atoms with van der Waals surface area (Å²) in [6.07, 6.45) is 3.05. The van der Waals surface area contributed by atoms with Crippen LogP contribution in [0.25, 0.3) is 6.08 Å². The van der Waals surface area contributed by atoms with Crippen LogP contribution in [0.4, 0.5) is 0 Å². The SMILES string of the molecule is CC1CN(Cc2ccc(C=CC(=O)O)cc2)CCO1. The number of rotatable bonds is 4. The second kappa shape index (κ2) is 6.50. The molecular formula is C15H19NO3. The Balaban J connectivity index is 1.93. The summed E-state index contributed by atoms with van der Waals surface area (Å²) in [7, 11) is 0. The zero-order valence-corrected chi connectivity index (χ0v) is 11.1. The summed E-state index contributed by atoms with van der Waals surface area (Å²) in [5, 5.41) is 8.57. The summed E-state index contributed by atoms with van der Waals surface area (Å²) in [5.74, 6) is -0.925. The Morgan fingerprint density at radius 1 is 1.47 bits per heavy atom. The van der Waals surface area contributed by atoms with Crippen LogP contribution >= 0.6 is 0 Å². The lowest BCUT2D eigenvalue weighted by Gasteiger charge is -2.31. The molecule has 0 bridgehead atoms. The van der Waals surface area contributed by atoms with E-state index in [1.165, 1.54) is 5.56 Å². The van der Waals surface area contributed by atoms with Crippen LogP contribution < -0.4 is 0 Å². The molecule has 1 aliphatic heterocycles. The van der Waals surface area contributed by atoms with Crippen LogP contribution in [0.1, 0.15) is 18.1 Å². The Hall–Kier alpha value is -1.65. The number of benzene rings is 1. The highest BCUT2D eigenvalue weighted by molar-refractivity contribution is 5.85. The monoisotopic (exact) mass is 261 g/mol. The van der Waals surface area contributed by atoms with Gasteiger partial charge in [0.05, 0.1) is 12.7 Å². The molecule has 1 aromatic carbocycles. The maximum absolute atomic E-state index is 10.4. The van der Waals surface area contributed by atoms with Gasteiger partial charge in [0, 0.05) is 25.7 Å². The van der Waals surface area contributed by atoms with Gasteiger partial charge < -0.3 is 9.84 Å². The first-order valence-corrected chi connectivity index (χ1v) is 6.47. The number of morpholine rings is 1. The minimum absolute atomic E-state index is 0.298. The lowest BCUT2D eigenvalue weighted by Crippen LogP contribution is -2.40. The molecule has 0 saturated carbocycles. The number of carboxylic acid groups (broad SMARTS) is 1. The van der Waals surface area contributed by atoms with Gasteiger partial charge in [-0.3, -0.25) is 4.90 Å². The number of ether oxygens (including phenoxy) is 1. The summed E-state index contributed by atoms with van der Waals surface area (Å²) in [6.45, 7) is 5.72. The highest BCUT2D eigenvalue weighted by Gasteiger charge is 2.16. The van der Waals surface area contributed by atoms with Gasteiger partial charge in [-0.25, -0.2) is 4.79 Å². The van der Waals surface area contributed by atoms with Gasteiger partial charge in [-0.1, -0.05) is 24.3 Å². The Bertz CT molecular complexity index is 453. The van der Waals surface area contributed by atoms with Crippen molar-refractivity contribution in [1.29, 1.82) is 0 Å². The molecule has 1 aromatic rings. The van der Waals surface area contributed by atoms with E-state index in [9.17, 15) is 4.79 Å². The lowest BCUT2D eigenvalue weighted by atomic mass is 10.1. The average Bonchev–Trinajstić information content (AvgIpc) is 2.38. The van der Waals surface area contributed by atoms with Gasteiger partial charge in [0.1, 0.15) is 0 Å². The van der Waals surface area contributed by atoms with Gasteiger partial charge in [-0.15, -0.1) is 0 Å². The largest absolute Gasteiger partial charge is 0.478 e. The highest BCUT2D eigenvalue weighted by atomic mass is 16.5. The van der Waals surface area contributed by atoms with Gasteiger partial charge in [0.2, 0.25) is 0 Å². The predicted molar refractivity (Wildman–Crippen MR) is 73.8 cm³/mol. The fraction of sp³-hybridized carbons (Fsp3) is 0.400. The van der Waals surface area contributed by atoms with Crippen LogP contribution in [-0.4, -0.2) is 41.8 Å². The van der Waals surface area contributed by atoms with Gasteiger partial charge in [0.15, 0.2) is 0 Å². The van der Waals surface area contributed by atoms with E-state index in [2.05, 4.69) is 11.8 Å². The Morgan fingerprint density at radius 3 is 2.84 bits per heavy atom. The van der Waals surface area contributed by atoms with Crippen LogP contribution in [0.3, 0.4) is 0 Å². The second-order valence-corrected chi connectivity index (χ2v) is 4.83. The summed E-state index contributed by atoms with van der Waals surface area (Å²) < 4.78 is 5.51. The van der Waals surface area contributed by atoms with Crippen molar-refractivity contribution in [2.75, 3.05) is 19.7 Å². The van der Waals surface area contributed by atoms with Crippen molar-refractivity contribution in [3.63, 3.8) is 0 Å². The van der Waals surface area contributed by atoms with Crippen molar-refractivity contribution >= 4 is 12.0 Å². The van der Waals surface area contributed by atoms with E-state index < -0.39 is 5.97 Å². The molecule has 0 aromatic heterocycles. The third-order valence-electron chi connectivity index (χ3n) is 3.13. The molecule has 0 aliphatic carbocycles. The minimum atomic E-state index is -0.925. The molecule has 1 aliphatic rings. The van der Waals surface area contributed by atoms with E-state index in [0.717, 1.165) is 37.9 Å². The molecule has 1 unspecified atom stereocenters. The number of aliphatic carboxylic acids is 1. The first kappa shape index (κ1) is 13.8. The molecule has 2 rings (SSSR count). The molecule has 102 valence electrons. The molecule has 1 fully saturated rings. The van der Waals surface area contributed by atoms with Gasteiger partial charge >= 0.3 is 5.97 Å². The quantitative estimate of drug-likeness (QED) is 0.842. The first-order valence-electron chi connectivity index (χ1n) is 6.47. The first-order chi connectivity index (χ1) is 9.13. The molecule has 19 heavy (non-hydrogen) atoms. The molecule has 0 radical (unpaired) electrons. The van der Waals surface area contributed by atoms with Crippen molar-refractivity contribution < 1.29 is 14.6 Å². The lowest BCUT2D eigenvalue weighted by molar-refractivity contribution is -0.131. The third kappa shape index (κ3) is 4.50. The fourth-order valence-corrected chi connectivity index (χ4v) is 2.19. The summed E-state index contributed by atoms with van der Waals surface area (Å²) in [4.78, 5) is 12.8. The van der Waals surface area contributed by atoms with E-state index >= 15 is 0 Å². The zero-order chi connectivity index (χ0) is 13.7. The summed E-state index contributed by atoms with van der Waals surface area (Å²) in [6, 6.07) is 7.97. The topological polar surface area (TPSA) is 49.8 Å². The van der Waals surface area contributed by atoms with Crippen LogP contribution in [0.2, 0.25) is 0 Å². The van der Waals surface area contributed by atoms with E-state index in [0.29, 0.717) is 6.10 Å². The molecule has 0 spiro atoms. The van der Waals surface area contributed by atoms with E-state index in [-0.39, 0.29) is 0 Å². The van der Waals surface area contributed by atoms with Crippen molar-refractivity contribution in [2.24, 2.45) is 0 Å². The Labute approximate surface area is 113 Å². The van der Waals surface area contributed by atoms with E-state index in [4.69, 9.17) is 9.84 Å². The van der Waals surface area contributed by atoms with Crippen LogP contribution in [0, 0.1) is 0 Å². The number of hydrogen-bond acceptors (Lipinski definition) is 3. The van der Waals surface area contributed by atoms with Gasteiger partial charge in [0.25, 0.3) is 0 Å². The highest BCUT2D eigenvalue weighted by Crippen LogP contribution is 2.12. The van der Waals surface area contributed by atoms with Crippen molar-refractivity contribution in [2.45, 2.75) is 19.6 Å². The molecule has 1 heterocycles. The van der Waals surface area contributed by atoms with E-state index in [1.807, 2.05) is 24.3 Å². The third-order valence-corrected chi connectivity index (χ3v) is 3.13. The molecule has 1 N–H and O–H groups in total. The number of hydrogen-bond donors (Lipinski definition) is 1. The fourth-order valence-electron chi connectivity index (χ4n) is 2.19. The van der Waals surface area contributed by atoms with Crippen LogP contribution in [0.5, 0.6) is 0 Å². The minimum Gasteiger partial charge on any atom is -0.478 e. The molecule has 1 atom stereocenters. The normalized spacial score (nSPS) is 20.8. The van der Waals surface area contributed by atoms with Crippen molar-refractivity contribution in [3.8, 4) is 0 Å². The smallest absolute Gasteiger partial charge is 0.328 e.